The van der Waals surface area contributed by atoms with Crippen LogP contribution >= 0.6 is 0 Å². The number of carbonyl (C=O) groups is 1. The number of hydrogen-bond donors (Lipinski definition) is 0. The molecule has 21 heavy (non-hydrogen) atoms. The van der Waals surface area contributed by atoms with Crippen LogP contribution in [-0.4, -0.2) is 86.2 Å². The molecule has 120 valence electrons. The Hall–Kier alpha value is -0.650. The highest BCUT2D eigenvalue weighted by molar-refractivity contribution is 5.83. The Bertz CT molecular complexity index is 369. The molecule has 2 atom stereocenters. The molecular weight excluding hydrogens is 266 g/mol. The third-order valence-corrected chi connectivity index (χ3v) is 5.55. The predicted octanol–water partition coefficient (Wildman–Crippen LogP) is 0.650. The second-order valence-electron chi connectivity index (χ2n) is 6.96. The molecule has 0 aliphatic carbocycles. The lowest BCUT2D eigenvalue weighted by molar-refractivity contribution is -0.148. The summed E-state index contributed by atoms with van der Waals surface area (Å²) in [5.41, 5.74) is 0. The summed E-state index contributed by atoms with van der Waals surface area (Å²) in [4.78, 5) is 19.8. The van der Waals surface area contributed by atoms with Crippen LogP contribution in [0, 0.1) is 5.92 Å². The molecule has 3 saturated heterocycles. The first-order valence-corrected chi connectivity index (χ1v) is 8.41. The van der Waals surface area contributed by atoms with Gasteiger partial charge in [0.05, 0.1) is 12.6 Å². The Kier molecular flexibility index (Phi) is 4.82. The van der Waals surface area contributed by atoms with Crippen molar-refractivity contribution in [3.8, 4) is 0 Å². The molecule has 0 radical (unpaired) electrons. The van der Waals surface area contributed by atoms with Crippen LogP contribution in [0.25, 0.3) is 0 Å². The van der Waals surface area contributed by atoms with Crippen LogP contribution in [0.1, 0.15) is 25.7 Å². The van der Waals surface area contributed by atoms with E-state index in [4.69, 9.17) is 4.74 Å². The van der Waals surface area contributed by atoms with Crippen LogP contribution in [0.2, 0.25) is 0 Å². The van der Waals surface area contributed by atoms with E-state index in [1.54, 1.807) is 7.11 Å². The van der Waals surface area contributed by atoms with Gasteiger partial charge in [-0.1, -0.05) is 0 Å². The minimum atomic E-state index is 0.141. The minimum Gasteiger partial charge on any atom is -0.383 e. The third-order valence-electron chi connectivity index (χ3n) is 5.55. The molecule has 0 aromatic carbocycles. The standard InChI is InChI=1S/C16H29N3O2/c1-17-6-4-14(5-7-17)19-8-3-13-11-15(19)16(20)18(12-13)9-10-21-2/h13-15H,3-12H2,1-2H3/t13-,15+/m0/s1. The van der Waals surface area contributed by atoms with Gasteiger partial charge in [-0.2, -0.15) is 0 Å². The Balaban J connectivity index is 1.65. The lowest BCUT2D eigenvalue weighted by Gasteiger charge is -2.50. The number of likely N-dealkylation sites (tertiary alicyclic amines) is 3. The van der Waals surface area contributed by atoms with Gasteiger partial charge in [-0.3, -0.25) is 9.69 Å². The predicted molar refractivity (Wildman–Crippen MR) is 82.2 cm³/mol. The molecule has 3 aliphatic rings. The quantitative estimate of drug-likeness (QED) is 0.763. The fourth-order valence-corrected chi connectivity index (χ4v) is 4.24. The van der Waals surface area contributed by atoms with Gasteiger partial charge < -0.3 is 14.5 Å². The molecule has 0 N–H and O–H groups in total. The molecule has 0 aromatic rings. The summed E-state index contributed by atoms with van der Waals surface area (Å²) >= 11 is 0. The van der Waals surface area contributed by atoms with Gasteiger partial charge >= 0.3 is 0 Å². The second-order valence-corrected chi connectivity index (χ2v) is 6.96. The summed E-state index contributed by atoms with van der Waals surface area (Å²) in [5, 5.41) is 0. The number of piperidine rings is 3. The number of fused-ring (bicyclic) bond motifs is 2. The second kappa shape index (κ2) is 6.63. The Labute approximate surface area is 128 Å². The average molecular weight is 295 g/mol. The van der Waals surface area contributed by atoms with Crippen LogP contribution in [0.4, 0.5) is 0 Å². The molecule has 3 aliphatic heterocycles. The molecule has 0 saturated carbocycles. The molecule has 0 unspecified atom stereocenters. The zero-order valence-corrected chi connectivity index (χ0v) is 13.5. The number of ether oxygens (including phenoxy) is 1. The topological polar surface area (TPSA) is 36.0 Å². The zero-order chi connectivity index (χ0) is 14.8. The highest BCUT2D eigenvalue weighted by atomic mass is 16.5. The molecule has 5 nitrogen and oxygen atoms in total. The number of hydrogen-bond acceptors (Lipinski definition) is 4. The molecule has 3 rings (SSSR count). The van der Waals surface area contributed by atoms with Crippen molar-refractivity contribution in [2.45, 2.75) is 37.8 Å². The highest BCUT2D eigenvalue weighted by Crippen LogP contribution is 2.33. The van der Waals surface area contributed by atoms with E-state index >= 15 is 0 Å². The van der Waals surface area contributed by atoms with E-state index in [1.165, 1.54) is 32.4 Å². The highest BCUT2D eigenvalue weighted by Gasteiger charge is 2.43. The van der Waals surface area contributed by atoms with E-state index in [2.05, 4.69) is 16.8 Å². The van der Waals surface area contributed by atoms with Crippen LogP contribution in [-0.2, 0) is 9.53 Å². The number of rotatable bonds is 4. The number of nitrogens with zero attached hydrogens (tertiary/aromatic N) is 3. The Morgan fingerprint density at radius 3 is 2.67 bits per heavy atom. The van der Waals surface area contributed by atoms with Gasteiger partial charge in [-0.15, -0.1) is 0 Å². The van der Waals surface area contributed by atoms with E-state index in [9.17, 15) is 4.79 Å². The molecule has 0 aromatic heterocycles. The van der Waals surface area contributed by atoms with Gasteiger partial charge in [0, 0.05) is 26.2 Å². The van der Waals surface area contributed by atoms with Crippen molar-refractivity contribution in [1.29, 1.82) is 0 Å². The molecule has 2 bridgehead atoms. The van der Waals surface area contributed by atoms with E-state index < -0.39 is 0 Å². The lowest BCUT2D eigenvalue weighted by atomic mass is 9.84. The first-order valence-electron chi connectivity index (χ1n) is 8.41. The maximum atomic E-state index is 12.8. The van der Waals surface area contributed by atoms with Crippen molar-refractivity contribution in [3.63, 3.8) is 0 Å². The summed E-state index contributed by atoms with van der Waals surface area (Å²) in [7, 11) is 3.90. The average Bonchev–Trinajstić information content (AvgIpc) is 2.51. The van der Waals surface area contributed by atoms with E-state index in [-0.39, 0.29) is 6.04 Å². The SMILES string of the molecule is COCCN1C[C@H]2CCN(C3CCN(C)CC3)[C@H](C2)C1=O. The van der Waals surface area contributed by atoms with Crippen molar-refractivity contribution in [2.75, 3.05) is 53.5 Å². The smallest absolute Gasteiger partial charge is 0.240 e. The number of amides is 1. The molecule has 5 heteroatoms. The molecule has 3 heterocycles. The summed E-state index contributed by atoms with van der Waals surface area (Å²) in [6, 6.07) is 0.751. The van der Waals surface area contributed by atoms with Crippen LogP contribution in [0.3, 0.4) is 0 Å². The van der Waals surface area contributed by atoms with Gasteiger partial charge in [0.1, 0.15) is 0 Å². The Morgan fingerprint density at radius 2 is 1.95 bits per heavy atom. The van der Waals surface area contributed by atoms with Gasteiger partial charge in [-0.05, 0) is 58.3 Å². The normalized spacial score (nSPS) is 32.7. The Morgan fingerprint density at radius 1 is 1.19 bits per heavy atom. The fourth-order valence-electron chi connectivity index (χ4n) is 4.24. The van der Waals surface area contributed by atoms with Gasteiger partial charge in [0.15, 0.2) is 0 Å². The van der Waals surface area contributed by atoms with E-state index in [0.29, 0.717) is 24.5 Å². The van der Waals surface area contributed by atoms with Crippen LogP contribution in [0.15, 0.2) is 0 Å². The fraction of sp³-hybridized carbons (Fsp3) is 0.938. The summed E-state index contributed by atoms with van der Waals surface area (Å²) in [6.45, 7) is 5.80. The first kappa shape index (κ1) is 15.3. The largest absolute Gasteiger partial charge is 0.383 e. The first-order chi connectivity index (χ1) is 10.2. The number of carbonyl (C=O) groups excluding carboxylic acids is 1. The molecule has 1 amide bonds. The maximum Gasteiger partial charge on any atom is 0.240 e. The number of methoxy groups -OCH3 is 1. The van der Waals surface area contributed by atoms with Gasteiger partial charge in [-0.25, -0.2) is 0 Å². The lowest BCUT2D eigenvalue weighted by Crippen LogP contribution is -2.62. The molecular formula is C16H29N3O2. The van der Waals surface area contributed by atoms with Crippen molar-refractivity contribution < 1.29 is 9.53 Å². The summed E-state index contributed by atoms with van der Waals surface area (Å²) in [5.74, 6) is 1.05. The molecule has 3 fully saturated rings. The molecule has 0 spiro atoms. The third kappa shape index (κ3) is 3.25. The summed E-state index contributed by atoms with van der Waals surface area (Å²) < 4.78 is 5.16. The van der Waals surface area contributed by atoms with Crippen LogP contribution in [0.5, 0.6) is 0 Å². The summed E-state index contributed by atoms with van der Waals surface area (Å²) in [6.07, 6.45) is 4.75. The monoisotopic (exact) mass is 295 g/mol. The minimum absolute atomic E-state index is 0.141. The van der Waals surface area contributed by atoms with Gasteiger partial charge in [0.2, 0.25) is 5.91 Å². The van der Waals surface area contributed by atoms with E-state index in [1.807, 2.05) is 4.90 Å². The van der Waals surface area contributed by atoms with Crippen molar-refractivity contribution in [3.05, 3.63) is 0 Å². The van der Waals surface area contributed by atoms with Crippen molar-refractivity contribution >= 4 is 5.91 Å². The van der Waals surface area contributed by atoms with E-state index in [0.717, 1.165) is 26.1 Å². The van der Waals surface area contributed by atoms with Gasteiger partial charge in [0.25, 0.3) is 0 Å². The maximum absolute atomic E-state index is 12.8. The van der Waals surface area contributed by atoms with Crippen LogP contribution < -0.4 is 0 Å². The van der Waals surface area contributed by atoms with Crippen molar-refractivity contribution in [1.82, 2.24) is 14.7 Å². The zero-order valence-electron chi connectivity index (χ0n) is 13.5. The van der Waals surface area contributed by atoms with Crippen molar-refractivity contribution in [2.24, 2.45) is 5.92 Å².